The lowest BCUT2D eigenvalue weighted by molar-refractivity contribution is 0.282. The summed E-state index contributed by atoms with van der Waals surface area (Å²) in [4.78, 5) is 0. The highest BCUT2D eigenvalue weighted by Gasteiger charge is 2.08. The van der Waals surface area contributed by atoms with Crippen LogP contribution in [0, 0.1) is 0 Å². The van der Waals surface area contributed by atoms with Crippen LogP contribution in [-0.2, 0) is 13.0 Å². The summed E-state index contributed by atoms with van der Waals surface area (Å²) in [6.07, 6.45) is 1.00. The van der Waals surface area contributed by atoms with E-state index < -0.39 is 0 Å². The molecule has 18 heavy (non-hydrogen) atoms. The molecule has 3 heteroatoms. The van der Waals surface area contributed by atoms with Crippen LogP contribution in [0.3, 0.4) is 0 Å². The van der Waals surface area contributed by atoms with Crippen molar-refractivity contribution in [2.75, 3.05) is 5.75 Å². The van der Waals surface area contributed by atoms with Crippen LogP contribution in [0.25, 0.3) is 20.2 Å². The smallest absolute Gasteiger partial charge is 0.0682 e. The van der Waals surface area contributed by atoms with Gasteiger partial charge in [-0.3, -0.25) is 0 Å². The lowest BCUT2D eigenvalue weighted by Crippen LogP contribution is -1.85. The number of thiol groups is 1. The Morgan fingerprint density at radius 3 is 2.78 bits per heavy atom. The molecule has 3 aromatic rings. The minimum atomic E-state index is 0.101. The first kappa shape index (κ1) is 12.0. The van der Waals surface area contributed by atoms with Crippen LogP contribution in [0.4, 0.5) is 0 Å². The van der Waals surface area contributed by atoms with Crippen molar-refractivity contribution in [3.63, 3.8) is 0 Å². The Morgan fingerprint density at radius 1 is 1.11 bits per heavy atom. The third-order valence-electron chi connectivity index (χ3n) is 3.21. The zero-order chi connectivity index (χ0) is 12.5. The first-order chi connectivity index (χ1) is 8.83. The molecule has 0 unspecified atom stereocenters. The Kier molecular flexibility index (Phi) is 3.29. The van der Waals surface area contributed by atoms with Crippen LogP contribution in [0.15, 0.2) is 36.4 Å². The van der Waals surface area contributed by atoms with Gasteiger partial charge in [-0.2, -0.15) is 12.6 Å². The van der Waals surface area contributed by atoms with E-state index in [1.54, 1.807) is 0 Å². The number of aliphatic hydroxyl groups excluding tert-OH is 1. The van der Waals surface area contributed by atoms with Gasteiger partial charge in [0.25, 0.3) is 0 Å². The van der Waals surface area contributed by atoms with Crippen LogP contribution in [0.2, 0.25) is 0 Å². The second-order valence-corrected chi connectivity index (χ2v) is 5.86. The number of hydrogen-bond acceptors (Lipinski definition) is 3. The summed E-state index contributed by atoms with van der Waals surface area (Å²) in [6, 6.07) is 12.7. The minimum absolute atomic E-state index is 0.101. The highest BCUT2D eigenvalue weighted by molar-refractivity contribution is 7.80. The number of fused-ring (bicyclic) bond motifs is 3. The minimum Gasteiger partial charge on any atom is -0.392 e. The third kappa shape index (κ3) is 1.92. The Balaban J connectivity index is 2.33. The van der Waals surface area contributed by atoms with Gasteiger partial charge >= 0.3 is 0 Å². The fourth-order valence-corrected chi connectivity index (χ4v) is 3.78. The molecule has 0 saturated heterocycles. The molecule has 1 N–H and O–H groups in total. The van der Waals surface area contributed by atoms with Gasteiger partial charge < -0.3 is 5.11 Å². The summed E-state index contributed by atoms with van der Waals surface area (Å²) in [5.74, 6) is 0.870. The largest absolute Gasteiger partial charge is 0.392 e. The van der Waals surface area contributed by atoms with E-state index in [2.05, 4.69) is 43.0 Å². The normalized spacial score (nSPS) is 11.4. The van der Waals surface area contributed by atoms with Crippen molar-refractivity contribution >= 4 is 44.1 Å². The molecule has 0 aliphatic heterocycles. The van der Waals surface area contributed by atoms with Crippen molar-refractivity contribution in [2.45, 2.75) is 13.0 Å². The SMILES string of the molecule is OCc1ccc2sc3c(CCS)cccc3c2c1. The second kappa shape index (κ2) is 4.92. The van der Waals surface area contributed by atoms with Crippen LogP contribution in [0.1, 0.15) is 11.1 Å². The molecule has 0 atom stereocenters. The van der Waals surface area contributed by atoms with E-state index in [4.69, 9.17) is 0 Å². The van der Waals surface area contributed by atoms with Crippen LogP contribution in [0.5, 0.6) is 0 Å². The summed E-state index contributed by atoms with van der Waals surface area (Å²) >= 11 is 6.16. The average Bonchev–Trinajstić information content (AvgIpc) is 2.78. The van der Waals surface area contributed by atoms with Gasteiger partial charge in [-0.05, 0) is 35.4 Å². The van der Waals surface area contributed by atoms with Gasteiger partial charge in [-0.1, -0.05) is 24.3 Å². The van der Waals surface area contributed by atoms with Crippen molar-refractivity contribution in [1.29, 1.82) is 0 Å². The molecule has 1 aromatic heterocycles. The summed E-state index contributed by atoms with van der Waals surface area (Å²) in [5, 5.41) is 11.8. The quantitative estimate of drug-likeness (QED) is 0.691. The fourth-order valence-electron chi connectivity index (χ4n) is 2.32. The van der Waals surface area contributed by atoms with Crippen molar-refractivity contribution in [1.82, 2.24) is 0 Å². The monoisotopic (exact) mass is 274 g/mol. The number of aryl methyl sites for hydroxylation is 1. The maximum atomic E-state index is 9.24. The predicted octanol–water partition coefficient (Wildman–Crippen LogP) is 4.02. The standard InChI is InChI=1S/C15H14OS2/c16-9-10-4-5-14-13(8-10)12-3-1-2-11(6-7-17)15(12)18-14/h1-5,8,16-17H,6-7,9H2. The summed E-state index contributed by atoms with van der Waals surface area (Å²) in [7, 11) is 0. The Morgan fingerprint density at radius 2 is 2.00 bits per heavy atom. The highest BCUT2D eigenvalue weighted by atomic mass is 32.1. The van der Waals surface area contributed by atoms with Crippen molar-refractivity contribution in [3.8, 4) is 0 Å². The Labute approximate surface area is 115 Å². The molecule has 0 spiro atoms. The third-order valence-corrected chi connectivity index (χ3v) is 4.69. The average molecular weight is 274 g/mol. The number of rotatable bonds is 3. The molecule has 0 aliphatic carbocycles. The Hall–Kier alpha value is -1.03. The van der Waals surface area contributed by atoms with Gasteiger partial charge in [0.15, 0.2) is 0 Å². The van der Waals surface area contributed by atoms with E-state index in [9.17, 15) is 5.11 Å². The van der Waals surface area contributed by atoms with Crippen LogP contribution in [-0.4, -0.2) is 10.9 Å². The van der Waals surface area contributed by atoms with Gasteiger partial charge in [-0.25, -0.2) is 0 Å². The van der Waals surface area contributed by atoms with Crippen molar-refractivity contribution in [2.24, 2.45) is 0 Å². The van der Waals surface area contributed by atoms with E-state index in [0.29, 0.717) is 0 Å². The van der Waals surface area contributed by atoms with Crippen LogP contribution < -0.4 is 0 Å². The zero-order valence-electron chi connectivity index (χ0n) is 9.89. The van der Waals surface area contributed by atoms with Gasteiger partial charge in [0, 0.05) is 20.2 Å². The molecule has 0 aliphatic rings. The molecule has 1 nitrogen and oxygen atoms in total. The highest BCUT2D eigenvalue weighted by Crippen LogP contribution is 2.36. The molecule has 0 fully saturated rings. The number of benzene rings is 2. The molecule has 92 valence electrons. The van der Waals surface area contributed by atoms with Crippen molar-refractivity contribution in [3.05, 3.63) is 47.5 Å². The zero-order valence-corrected chi connectivity index (χ0v) is 11.6. The van der Waals surface area contributed by atoms with E-state index in [-0.39, 0.29) is 6.61 Å². The van der Waals surface area contributed by atoms with E-state index in [0.717, 1.165) is 17.7 Å². The van der Waals surface area contributed by atoms with E-state index in [1.165, 1.54) is 25.7 Å². The second-order valence-electron chi connectivity index (χ2n) is 4.36. The van der Waals surface area contributed by atoms with Gasteiger partial charge in [0.2, 0.25) is 0 Å². The maximum Gasteiger partial charge on any atom is 0.0682 e. The van der Waals surface area contributed by atoms with E-state index >= 15 is 0 Å². The first-order valence-electron chi connectivity index (χ1n) is 5.98. The predicted molar refractivity (Wildman–Crippen MR) is 82.8 cm³/mol. The molecular weight excluding hydrogens is 260 g/mol. The van der Waals surface area contributed by atoms with E-state index in [1.807, 2.05) is 17.4 Å². The fraction of sp³-hybridized carbons (Fsp3) is 0.200. The van der Waals surface area contributed by atoms with Gasteiger partial charge in [0.05, 0.1) is 6.61 Å². The van der Waals surface area contributed by atoms with Crippen molar-refractivity contribution < 1.29 is 5.11 Å². The molecule has 1 heterocycles. The number of hydrogen-bond donors (Lipinski definition) is 2. The molecule has 2 aromatic carbocycles. The Bertz CT molecular complexity index is 700. The lowest BCUT2D eigenvalue weighted by Gasteiger charge is -2.00. The van der Waals surface area contributed by atoms with Gasteiger partial charge in [-0.15, -0.1) is 11.3 Å². The number of thiophene rings is 1. The first-order valence-corrected chi connectivity index (χ1v) is 7.43. The lowest BCUT2D eigenvalue weighted by atomic mass is 10.1. The molecule has 0 amide bonds. The molecule has 0 radical (unpaired) electrons. The number of aliphatic hydroxyl groups is 1. The molecule has 3 rings (SSSR count). The molecule has 0 saturated carbocycles. The topological polar surface area (TPSA) is 20.2 Å². The summed E-state index contributed by atoms with van der Waals surface area (Å²) in [6.45, 7) is 0.101. The maximum absolute atomic E-state index is 9.24. The molecular formula is C15H14OS2. The van der Waals surface area contributed by atoms with Crippen LogP contribution >= 0.6 is 24.0 Å². The summed E-state index contributed by atoms with van der Waals surface area (Å²) in [5.41, 5.74) is 2.34. The van der Waals surface area contributed by atoms with Gasteiger partial charge in [0.1, 0.15) is 0 Å². The molecule has 0 bridgehead atoms. The summed E-state index contributed by atoms with van der Waals surface area (Å²) < 4.78 is 2.64.